The molecular weight excluding hydrogens is 261 g/mol. The van der Waals surface area contributed by atoms with Gasteiger partial charge in [0, 0.05) is 29.9 Å². The minimum absolute atomic E-state index is 0.00644. The molecule has 0 saturated carbocycles. The van der Waals surface area contributed by atoms with E-state index in [4.69, 9.17) is 23.2 Å². The number of aromatic nitrogens is 1. The van der Waals surface area contributed by atoms with Crippen molar-refractivity contribution in [1.82, 2.24) is 15.2 Å². The van der Waals surface area contributed by atoms with Crippen molar-refractivity contribution in [3.63, 3.8) is 0 Å². The summed E-state index contributed by atoms with van der Waals surface area (Å²) in [7, 11) is 1.85. The van der Waals surface area contributed by atoms with Crippen molar-refractivity contribution >= 4 is 29.1 Å². The molecule has 0 aliphatic rings. The van der Waals surface area contributed by atoms with Gasteiger partial charge in [0.2, 0.25) is 5.91 Å². The van der Waals surface area contributed by atoms with E-state index in [1.165, 1.54) is 0 Å². The molecule has 0 atom stereocenters. The third-order valence-electron chi connectivity index (χ3n) is 2.12. The Morgan fingerprint density at radius 3 is 2.82 bits per heavy atom. The molecule has 1 heterocycles. The average molecular weight is 276 g/mol. The van der Waals surface area contributed by atoms with Crippen LogP contribution >= 0.6 is 23.2 Å². The average Bonchev–Trinajstić information content (AvgIpc) is 2.22. The second-order valence-electron chi connectivity index (χ2n) is 3.72. The monoisotopic (exact) mass is 275 g/mol. The van der Waals surface area contributed by atoms with Crippen LogP contribution in [0.15, 0.2) is 12.3 Å². The van der Waals surface area contributed by atoms with Crippen LogP contribution in [0.4, 0.5) is 0 Å². The Morgan fingerprint density at radius 2 is 2.24 bits per heavy atom. The number of hydrogen-bond acceptors (Lipinski definition) is 3. The van der Waals surface area contributed by atoms with Gasteiger partial charge in [0.1, 0.15) is 5.15 Å². The van der Waals surface area contributed by atoms with Crippen LogP contribution in [0.3, 0.4) is 0 Å². The molecule has 0 aliphatic carbocycles. The molecule has 94 valence electrons. The fourth-order valence-electron chi connectivity index (χ4n) is 1.40. The summed E-state index contributed by atoms with van der Waals surface area (Å²) in [5.41, 5.74) is 0.850. The zero-order valence-corrected chi connectivity index (χ0v) is 11.3. The zero-order chi connectivity index (χ0) is 12.8. The molecule has 0 aliphatic heterocycles. The third-order valence-corrected chi connectivity index (χ3v) is 2.68. The zero-order valence-electron chi connectivity index (χ0n) is 9.83. The van der Waals surface area contributed by atoms with Crippen LogP contribution in [-0.2, 0) is 11.3 Å². The molecule has 0 spiro atoms. The predicted molar refractivity (Wildman–Crippen MR) is 69.3 cm³/mol. The maximum absolute atomic E-state index is 11.4. The van der Waals surface area contributed by atoms with Gasteiger partial charge in [-0.25, -0.2) is 4.98 Å². The number of pyridine rings is 1. The summed E-state index contributed by atoms with van der Waals surface area (Å²) in [5.74, 6) is -0.00644. The molecule has 1 rings (SSSR count). The predicted octanol–water partition coefficient (Wildman–Crippen LogP) is 1.96. The van der Waals surface area contributed by atoms with Gasteiger partial charge in [-0.2, -0.15) is 0 Å². The lowest BCUT2D eigenvalue weighted by Crippen LogP contribution is -2.34. The van der Waals surface area contributed by atoms with Gasteiger partial charge in [-0.15, -0.1) is 0 Å². The number of likely N-dealkylation sites (N-methyl/N-ethyl adjacent to an activating group) is 2. The van der Waals surface area contributed by atoms with Crippen LogP contribution in [0, 0.1) is 0 Å². The lowest BCUT2D eigenvalue weighted by molar-refractivity contribution is -0.121. The molecule has 1 N–H and O–H groups in total. The maximum Gasteiger partial charge on any atom is 0.234 e. The molecule has 0 bridgehead atoms. The summed E-state index contributed by atoms with van der Waals surface area (Å²) >= 11 is 11.7. The van der Waals surface area contributed by atoms with Gasteiger partial charge in [-0.05, 0) is 20.0 Å². The first-order chi connectivity index (χ1) is 8.02. The number of amides is 1. The van der Waals surface area contributed by atoms with Crippen molar-refractivity contribution < 1.29 is 4.79 Å². The van der Waals surface area contributed by atoms with Gasteiger partial charge in [-0.1, -0.05) is 23.2 Å². The van der Waals surface area contributed by atoms with Crippen LogP contribution in [0.5, 0.6) is 0 Å². The van der Waals surface area contributed by atoms with Crippen molar-refractivity contribution in [2.45, 2.75) is 13.5 Å². The summed E-state index contributed by atoms with van der Waals surface area (Å²) in [6.07, 6.45) is 1.62. The highest BCUT2D eigenvalue weighted by Crippen LogP contribution is 2.19. The van der Waals surface area contributed by atoms with E-state index in [1.54, 1.807) is 12.3 Å². The highest BCUT2D eigenvalue weighted by atomic mass is 35.5. The number of hydrogen-bond donors (Lipinski definition) is 1. The Labute approximate surface area is 111 Å². The topological polar surface area (TPSA) is 45.2 Å². The minimum atomic E-state index is -0.00644. The summed E-state index contributed by atoms with van der Waals surface area (Å²) < 4.78 is 0. The van der Waals surface area contributed by atoms with E-state index in [9.17, 15) is 4.79 Å². The number of nitrogens with zero attached hydrogens (tertiary/aromatic N) is 2. The Morgan fingerprint density at radius 1 is 1.53 bits per heavy atom. The highest BCUT2D eigenvalue weighted by molar-refractivity contribution is 6.34. The lowest BCUT2D eigenvalue weighted by Gasteiger charge is -2.16. The van der Waals surface area contributed by atoms with E-state index in [0.29, 0.717) is 29.8 Å². The Balaban J connectivity index is 2.55. The molecular formula is C11H15Cl2N3O. The fourth-order valence-corrected chi connectivity index (χ4v) is 1.82. The largest absolute Gasteiger partial charge is 0.355 e. The highest BCUT2D eigenvalue weighted by Gasteiger charge is 2.09. The van der Waals surface area contributed by atoms with E-state index in [0.717, 1.165) is 5.56 Å². The molecule has 1 aromatic heterocycles. The van der Waals surface area contributed by atoms with Crippen LogP contribution in [-0.4, -0.2) is 35.9 Å². The smallest absolute Gasteiger partial charge is 0.234 e. The van der Waals surface area contributed by atoms with Gasteiger partial charge in [-0.3, -0.25) is 9.69 Å². The van der Waals surface area contributed by atoms with E-state index in [1.807, 2.05) is 18.9 Å². The molecule has 0 unspecified atom stereocenters. The van der Waals surface area contributed by atoms with Gasteiger partial charge in [0.15, 0.2) is 0 Å². The number of rotatable bonds is 5. The van der Waals surface area contributed by atoms with Crippen molar-refractivity contribution in [2.24, 2.45) is 0 Å². The number of halogens is 2. The second kappa shape index (κ2) is 6.79. The van der Waals surface area contributed by atoms with E-state index >= 15 is 0 Å². The van der Waals surface area contributed by atoms with Crippen molar-refractivity contribution in [2.75, 3.05) is 20.1 Å². The first kappa shape index (κ1) is 14.2. The quantitative estimate of drug-likeness (QED) is 0.836. The van der Waals surface area contributed by atoms with Gasteiger partial charge >= 0.3 is 0 Å². The first-order valence-corrected chi connectivity index (χ1v) is 6.03. The molecule has 0 fully saturated rings. The van der Waals surface area contributed by atoms with Gasteiger partial charge in [0.25, 0.3) is 0 Å². The molecule has 0 saturated heterocycles. The van der Waals surface area contributed by atoms with Gasteiger partial charge < -0.3 is 5.32 Å². The molecule has 17 heavy (non-hydrogen) atoms. The fraction of sp³-hybridized carbons (Fsp3) is 0.455. The van der Waals surface area contributed by atoms with Crippen molar-refractivity contribution in [3.8, 4) is 0 Å². The van der Waals surface area contributed by atoms with Gasteiger partial charge in [0.05, 0.1) is 6.54 Å². The molecule has 0 aromatic carbocycles. The molecule has 1 amide bonds. The Hall–Kier alpha value is -0.840. The number of carbonyl (C=O) groups is 1. The van der Waals surface area contributed by atoms with Crippen molar-refractivity contribution in [1.29, 1.82) is 0 Å². The van der Waals surface area contributed by atoms with E-state index < -0.39 is 0 Å². The maximum atomic E-state index is 11.4. The normalized spacial score (nSPS) is 10.6. The summed E-state index contributed by atoms with van der Waals surface area (Å²) in [4.78, 5) is 17.2. The first-order valence-electron chi connectivity index (χ1n) is 5.28. The Kier molecular flexibility index (Phi) is 5.68. The standard InChI is InChI=1S/C11H15Cl2N3O/c1-3-14-11(17)7-16(2)6-8-5-15-10(13)4-9(8)12/h4-5H,3,6-7H2,1-2H3,(H,14,17). The third kappa shape index (κ3) is 4.89. The molecule has 1 aromatic rings. The molecule has 6 heteroatoms. The van der Waals surface area contributed by atoms with Crippen LogP contribution in [0.1, 0.15) is 12.5 Å². The minimum Gasteiger partial charge on any atom is -0.355 e. The number of nitrogens with one attached hydrogen (secondary N) is 1. The SMILES string of the molecule is CCNC(=O)CN(C)Cc1cnc(Cl)cc1Cl. The van der Waals surface area contributed by atoms with Crippen LogP contribution in [0.25, 0.3) is 0 Å². The summed E-state index contributed by atoms with van der Waals surface area (Å²) in [6, 6.07) is 1.60. The van der Waals surface area contributed by atoms with Crippen LogP contribution < -0.4 is 5.32 Å². The molecule has 0 radical (unpaired) electrons. The molecule has 4 nitrogen and oxygen atoms in total. The van der Waals surface area contributed by atoms with E-state index in [-0.39, 0.29) is 5.91 Å². The lowest BCUT2D eigenvalue weighted by atomic mass is 10.2. The summed E-state index contributed by atoms with van der Waals surface area (Å²) in [6.45, 7) is 3.40. The summed E-state index contributed by atoms with van der Waals surface area (Å²) in [5, 5.41) is 3.66. The van der Waals surface area contributed by atoms with E-state index in [2.05, 4.69) is 10.3 Å². The Bertz CT molecular complexity index is 398. The van der Waals surface area contributed by atoms with Crippen LogP contribution in [0.2, 0.25) is 10.2 Å². The van der Waals surface area contributed by atoms with Crippen molar-refractivity contribution in [3.05, 3.63) is 28.0 Å². The second-order valence-corrected chi connectivity index (χ2v) is 4.52. The number of carbonyl (C=O) groups excluding carboxylic acids is 1.